The summed E-state index contributed by atoms with van der Waals surface area (Å²) in [5, 5.41) is 2.71. The van der Waals surface area contributed by atoms with Crippen LogP contribution in [0.5, 0.6) is 0 Å². The summed E-state index contributed by atoms with van der Waals surface area (Å²) in [6.45, 7) is 1.30. The Morgan fingerprint density at radius 3 is 2.39 bits per heavy atom. The van der Waals surface area contributed by atoms with Crippen molar-refractivity contribution >= 4 is 29.3 Å². The second kappa shape index (κ2) is 10.1. The standard InChI is InChI=1S/C22H20F4N4O2S/c1-3-29(13-19(31)28-17-7-5-4-6-16(17)22(24,25)26)20(32)18-12-27-21(33-2)30(18)15-10-8-14(23)9-11-15/h4-12H,3,13H2,1-2H3,(H,28,31). The summed E-state index contributed by atoms with van der Waals surface area (Å²) in [5.41, 5.74) is -0.733. The normalized spacial score (nSPS) is 11.3. The fourth-order valence-corrected chi connectivity index (χ4v) is 3.71. The highest BCUT2D eigenvalue weighted by molar-refractivity contribution is 7.98. The molecule has 1 N–H and O–H groups in total. The summed E-state index contributed by atoms with van der Waals surface area (Å²) >= 11 is 1.27. The Morgan fingerprint density at radius 1 is 1.12 bits per heavy atom. The van der Waals surface area contributed by atoms with Crippen LogP contribution in [-0.2, 0) is 11.0 Å². The van der Waals surface area contributed by atoms with Gasteiger partial charge in [0.1, 0.15) is 18.1 Å². The van der Waals surface area contributed by atoms with Gasteiger partial charge in [0.25, 0.3) is 5.91 Å². The topological polar surface area (TPSA) is 67.2 Å². The Kier molecular flexibility index (Phi) is 7.42. The third-order valence-corrected chi connectivity index (χ3v) is 5.38. The fourth-order valence-electron chi connectivity index (χ4n) is 3.16. The molecule has 0 aliphatic rings. The van der Waals surface area contributed by atoms with Gasteiger partial charge in [0.15, 0.2) is 5.16 Å². The van der Waals surface area contributed by atoms with Crippen LogP contribution < -0.4 is 5.32 Å². The van der Waals surface area contributed by atoms with Crippen molar-refractivity contribution in [3.63, 3.8) is 0 Å². The van der Waals surface area contributed by atoms with Gasteiger partial charge in [0, 0.05) is 12.2 Å². The molecule has 3 rings (SSSR count). The molecule has 0 saturated carbocycles. The smallest absolute Gasteiger partial charge is 0.328 e. The molecule has 6 nitrogen and oxygen atoms in total. The molecule has 2 aromatic carbocycles. The maximum absolute atomic E-state index is 13.4. The van der Waals surface area contributed by atoms with Crippen LogP contribution in [0, 0.1) is 5.82 Å². The van der Waals surface area contributed by atoms with Crippen LogP contribution in [0.1, 0.15) is 23.0 Å². The highest BCUT2D eigenvalue weighted by atomic mass is 32.2. The molecule has 0 radical (unpaired) electrons. The van der Waals surface area contributed by atoms with Gasteiger partial charge in [0.05, 0.1) is 17.4 Å². The molecule has 1 aromatic heterocycles. The van der Waals surface area contributed by atoms with Crippen molar-refractivity contribution in [1.29, 1.82) is 0 Å². The first-order valence-corrected chi connectivity index (χ1v) is 11.0. The number of carbonyl (C=O) groups is 2. The monoisotopic (exact) mass is 480 g/mol. The minimum Gasteiger partial charge on any atom is -0.328 e. The summed E-state index contributed by atoms with van der Waals surface area (Å²) in [7, 11) is 0. The number of alkyl halides is 3. The van der Waals surface area contributed by atoms with Crippen LogP contribution in [0.15, 0.2) is 59.9 Å². The number of imidazole rings is 1. The molecule has 174 valence electrons. The number of nitrogens with one attached hydrogen (secondary N) is 1. The van der Waals surface area contributed by atoms with Crippen LogP contribution in [0.2, 0.25) is 0 Å². The molecule has 0 atom stereocenters. The molecule has 0 fully saturated rings. The molecular weight excluding hydrogens is 460 g/mol. The number of carbonyl (C=O) groups excluding carboxylic acids is 2. The molecule has 0 spiro atoms. The number of hydrogen-bond donors (Lipinski definition) is 1. The molecule has 0 aliphatic heterocycles. The molecule has 33 heavy (non-hydrogen) atoms. The van der Waals surface area contributed by atoms with Gasteiger partial charge < -0.3 is 10.2 Å². The molecule has 1 heterocycles. The van der Waals surface area contributed by atoms with Gasteiger partial charge in [0.2, 0.25) is 5.91 Å². The third-order valence-electron chi connectivity index (χ3n) is 4.73. The number of para-hydroxylation sites is 1. The predicted octanol–water partition coefficient (Wildman–Crippen LogP) is 4.85. The maximum atomic E-state index is 13.4. The average Bonchev–Trinajstić information content (AvgIpc) is 3.21. The Morgan fingerprint density at radius 2 is 1.79 bits per heavy atom. The number of hydrogen-bond acceptors (Lipinski definition) is 4. The first-order valence-electron chi connectivity index (χ1n) is 9.78. The van der Waals surface area contributed by atoms with Crippen molar-refractivity contribution < 1.29 is 27.2 Å². The molecular formula is C22H20F4N4O2S. The van der Waals surface area contributed by atoms with Gasteiger partial charge in [-0.25, -0.2) is 9.37 Å². The molecule has 2 amide bonds. The first-order chi connectivity index (χ1) is 15.7. The van der Waals surface area contributed by atoms with Crippen molar-refractivity contribution in [1.82, 2.24) is 14.5 Å². The van der Waals surface area contributed by atoms with E-state index in [0.29, 0.717) is 10.8 Å². The van der Waals surface area contributed by atoms with Crippen molar-refractivity contribution in [2.75, 3.05) is 24.7 Å². The van der Waals surface area contributed by atoms with Gasteiger partial charge in [-0.3, -0.25) is 14.2 Å². The lowest BCUT2D eigenvalue weighted by Crippen LogP contribution is -2.39. The largest absolute Gasteiger partial charge is 0.418 e. The van der Waals surface area contributed by atoms with Gasteiger partial charge in [-0.15, -0.1) is 0 Å². The zero-order valence-corrected chi connectivity index (χ0v) is 18.5. The minimum atomic E-state index is -4.64. The van der Waals surface area contributed by atoms with Gasteiger partial charge in [-0.05, 0) is 49.6 Å². The van der Waals surface area contributed by atoms with E-state index in [1.807, 2.05) is 0 Å². The van der Waals surface area contributed by atoms with E-state index in [1.54, 1.807) is 13.2 Å². The zero-order chi connectivity index (χ0) is 24.2. The van der Waals surface area contributed by atoms with E-state index in [9.17, 15) is 27.2 Å². The minimum absolute atomic E-state index is 0.121. The van der Waals surface area contributed by atoms with Crippen molar-refractivity contribution in [3.8, 4) is 5.69 Å². The van der Waals surface area contributed by atoms with E-state index >= 15 is 0 Å². The van der Waals surface area contributed by atoms with Crippen LogP contribution in [0.3, 0.4) is 0 Å². The van der Waals surface area contributed by atoms with Crippen molar-refractivity contribution in [2.24, 2.45) is 0 Å². The lowest BCUT2D eigenvalue weighted by atomic mass is 10.1. The van der Waals surface area contributed by atoms with E-state index in [0.717, 1.165) is 12.1 Å². The number of thioether (sulfide) groups is 1. The van der Waals surface area contributed by atoms with Crippen molar-refractivity contribution in [2.45, 2.75) is 18.3 Å². The summed E-state index contributed by atoms with van der Waals surface area (Å²) < 4.78 is 54.5. The van der Waals surface area contributed by atoms with E-state index in [4.69, 9.17) is 0 Å². The van der Waals surface area contributed by atoms with Crippen molar-refractivity contribution in [3.05, 3.63) is 71.8 Å². The summed E-state index contributed by atoms with van der Waals surface area (Å²) in [6, 6.07) is 10.1. The Labute approximate surface area is 191 Å². The van der Waals surface area contributed by atoms with E-state index in [1.165, 1.54) is 63.8 Å². The van der Waals surface area contributed by atoms with Gasteiger partial charge in [-0.2, -0.15) is 13.2 Å². The number of anilines is 1. The third kappa shape index (κ3) is 5.54. The first kappa shape index (κ1) is 24.3. The number of likely N-dealkylation sites (N-methyl/N-ethyl adjacent to an activating group) is 1. The van der Waals surface area contributed by atoms with E-state index in [2.05, 4.69) is 10.3 Å². The van der Waals surface area contributed by atoms with E-state index in [-0.39, 0.29) is 17.9 Å². The summed E-state index contributed by atoms with van der Waals surface area (Å²) in [5.74, 6) is -1.77. The lowest BCUT2D eigenvalue weighted by molar-refractivity contribution is -0.137. The van der Waals surface area contributed by atoms with Crippen LogP contribution in [0.4, 0.5) is 23.2 Å². The van der Waals surface area contributed by atoms with Crippen LogP contribution in [0.25, 0.3) is 5.69 Å². The van der Waals surface area contributed by atoms with Gasteiger partial charge in [-0.1, -0.05) is 23.9 Å². The number of amides is 2. The second-order valence-electron chi connectivity index (χ2n) is 6.85. The highest BCUT2D eigenvalue weighted by Crippen LogP contribution is 2.34. The molecule has 0 aliphatic carbocycles. The van der Waals surface area contributed by atoms with Gasteiger partial charge >= 0.3 is 6.18 Å². The number of halogens is 4. The fraction of sp³-hybridized carbons (Fsp3) is 0.227. The summed E-state index contributed by atoms with van der Waals surface area (Å²) in [4.78, 5) is 31.1. The number of rotatable bonds is 7. The lowest BCUT2D eigenvalue weighted by Gasteiger charge is -2.22. The molecule has 0 bridgehead atoms. The molecule has 11 heteroatoms. The SMILES string of the molecule is CCN(CC(=O)Nc1ccccc1C(F)(F)F)C(=O)c1cnc(SC)n1-c1ccc(F)cc1. The highest BCUT2D eigenvalue weighted by Gasteiger charge is 2.34. The number of aromatic nitrogens is 2. The van der Waals surface area contributed by atoms with Crippen LogP contribution >= 0.6 is 11.8 Å². The Bertz CT molecular complexity index is 1150. The number of nitrogens with zero attached hydrogens (tertiary/aromatic N) is 3. The van der Waals surface area contributed by atoms with E-state index < -0.39 is 35.9 Å². The second-order valence-corrected chi connectivity index (χ2v) is 7.63. The quantitative estimate of drug-likeness (QED) is 0.388. The number of benzene rings is 2. The summed E-state index contributed by atoms with van der Waals surface area (Å²) in [6.07, 6.45) is -1.53. The Hall–Kier alpha value is -3.34. The zero-order valence-electron chi connectivity index (χ0n) is 17.7. The average molecular weight is 480 g/mol. The Balaban J connectivity index is 1.84. The van der Waals surface area contributed by atoms with Crippen LogP contribution in [-0.4, -0.2) is 45.6 Å². The maximum Gasteiger partial charge on any atom is 0.418 e. The predicted molar refractivity (Wildman–Crippen MR) is 117 cm³/mol. The molecule has 0 saturated heterocycles. The molecule has 3 aromatic rings. The molecule has 0 unspecified atom stereocenters.